The molecule has 0 aliphatic carbocycles. The van der Waals surface area contributed by atoms with Crippen molar-refractivity contribution in [3.63, 3.8) is 0 Å². The number of aliphatic hydroxyl groups is 1. The van der Waals surface area contributed by atoms with E-state index in [1.165, 1.54) is 0 Å². The van der Waals surface area contributed by atoms with Gasteiger partial charge in [-0.05, 0) is 0 Å². The summed E-state index contributed by atoms with van der Waals surface area (Å²) >= 11 is 0. The zero-order valence-electron chi connectivity index (χ0n) is 4.60. The van der Waals surface area contributed by atoms with E-state index >= 15 is 0 Å². The van der Waals surface area contributed by atoms with Crippen LogP contribution in [-0.4, -0.2) is 23.9 Å². The molecular formula is C4H8F3NO. The topological polar surface area (TPSA) is 46.2 Å². The van der Waals surface area contributed by atoms with E-state index in [1.54, 1.807) is 0 Å². The SMILES string of the molecule is NC(CC(F)F)C(O)F. The smallest absolute Gasteiger partial charge is 0.240 e. The van der Waals surface area contributed by atoms with Crippen molar-refractivity contribution in [3.8, 4) is 0 Å². The van der Waals surface area contributed by atoms with E-state index in [2.05, 4.69) is 0 Å². The van der Waals surface area contributed by atoms with Gasteiger partial charge in [0.2, 0.25) is 12.8 Å². The van der Waals surface area contributed by atoms with Crippen molar-refractivity contribution in [1.82, 2.24) is 0 Å². The molecule has 0 fully saturated rings. The van der Waals surface area contributed by atoms with Gasteiger partial charge >= 0.3 is 0 Å². The molecule has 0 aromatic rings. The summed E-state index contributed by atoms with van der Waals surface area (Å²) in [4.78, 5) is 0. The first-order valence-corrected chi connectivity index (χ1v) is 2.40. The zero-order chi connectivity index (χ0) is 7.44. The van der Waals surface area contributed by atoms with Crippen LogP contribution in [-0.2, 0) is 0 Å². The number of hydrogen-bond donors (Lipinski definition) is 2. The van der Waals surface area contributed by atoms with E-state index < -0.39 is 25.2 Å². The number of hydrogen-bond acceptors (Lipinski definition) is 2. The number of rotatable bonds is 3. The van der Waals surface area contributed by atoms with Crippen molar-refractivity contribution in [2.45, 2.75) is 25.2 Å². The van der Waals surface area contributed by atoms with Gasteiger partial charge in [-0.2, -0.15) is 0 Å². The lowest BCUT2D eigenvalue weighted by molar-refractivity contribution is -0.00273. The van der Waals surface area contributed by atoms with E-state index in [0.29, 0.717) is 0 Å². The van der Waals surface area contributed by atoms with Crippen molar-refractivity contribution in [2.75, 3.05) is 0 Å². The maximum Gasteiger partial charge on any atom is 0.240 e. The summed E-state index contributed by atoms with van der Waals surface area (Å²) in [5.74, 6) is 0. The fourth-order valence-corrected chi connectivity index (χ4v) is 0.318. The molecular weight excluding hydrogens is 135 g/mol. The predicted octanol–water partition coefficient (Wildman–Crippen LogP) is 0.257. The van der Waals surface area contributed by atoms with Gasteiger partial charge in [0.05, 0.1) is 6.04 Å². The summed E-state index contributed by atoms with van der Waals surface area (Å²) in [6.45, 7) is 0. The summed E-state index contributed by atoms with van der Waals surface area (Å²) in [5.41, 5.74) is 4.71. The van der Waals surface area contributed by atoms with E-state index in [4.69, 9.17) is 10.8 Å². The molecule has 3 N–H and O–H groups in total. The molecule has 0 saturated heterocycles. The second kappa shape index (κ2) is 3.68. The average Bonchev–Trinajstić information content (AvgIpc) is 1.63. The molecule has 0 aromatic carbocycles. The molecule has 0 aromatic heterocycles. The molecule has 0 rings (SSSR count). The molecule has 2 nitrogen and oxygen atoms in total. The van der Waals surface area contributed by atoms with Crippen LogP contribution in [0.15, 0.2) is 0 Å². The Morgan fingerprint density at radius 2 is 1.78 bits per heavy atom. The lowest BCUT2D eigenvalue weighted by Gasteiger charge is -2.09. The van der Waals surface area contributed by atoms with Gasteiger partial charge < -0.3 is 10.8 Å². The lowest BCUT2D eigenvalue weighted by atomic mass is 10.2. The summed E-state index contributed by atoms with van der Waals surface area (Å²) in [6.07, 6.45) is -5.82. The molecule has 0 radical (unpaired) electrons. The zero-order valence-corrected chi connectivity index (χ0v) is 4.60. The first-order chi connectivity index (χ1) is 4.04. The van der Waals surface area contributed by atoms with Crippen molar-refractivity contribution in [2.24, 2.45) is 5.73 Å². The Hall–Kier alpha value is -0.290. The van der Waals surface area contributed by atoms with E-state index in [-0.39, 0.29) is 0 Å². The van der Waals surface area contributed by atoms with Crippen LogP contribution in [0.2, 0.25) is 0 Å². The van der Waals surface area contributed by atoms with Crippen molar-refractivity contribution in [3.05, 3.63) is 0 Å². The molecule has 5 heteroatoms. The van der Waals surface area contributed by atoms with E-state index in [9.17, 15) is 13.2 Å². The Labute approximate surface area is 50.5 Å². The second-order valence-electron chi connectivity index (χ2n) is 1.66. The van der Waals surface area contributed by atoms with Gasteiger partial charge in [0.1, 0.15) is 0 Å². The van der Waals surface area contributed by atoms with Crippen LogP contribution in [0.3, 0.4) is 0 Å². The first kappa shape index (κ1) is 8.71. The first-order valence-electron chi connectivity index (χ1n) is 2.40. The summed E-state index contributed by atoms with van der Waals surface area (Å²) in [7, 11) is 0. The van der Waals surface area contributed by atoms with Crippen LogP contribution in [0.5, 0.6) is 0 Å². The molecule has 0 heterocycles. The normalized spacial score (nSPS) is 18.0. The minimum Gasteiger partial charge on any atom is -0.363 e. The van der Waals surface area contributed by atoms with E-state index in [0.717, 1.165) is 0 Å². The molecule has 0 aliphatic rings. The molecule has 0 saturated carbocycles. The fourth-order valence-electron chi connectivity index (χ4n) is 0.318. The highest BCUT2D eigenvalue weighted by atomic mass is 19.3. The third kappa shape index (κ3) is 4.23. The van der Waals surface area contributed by atoms with Gasteiger partial charge in [-0.25, -0.2) is 13.2 Å². The van der Waals surface area contributed by atoms with E-state index in [1.807, 2.05) is 0 Å². The second-order valence-corrected chi connectivity index (χ2v) is 1.66. The van der Waals surface area contributed by atoms with Crippen LogP contribution in [0.4, 0.5) is 13.2 Å². The van der Waals surface area contributed by atoms with Crippen molar-refractivity contribution < 1.29 is 18.3 Å². The van der Waals surface area contributed by atoms with Crippen LogP contribution in [0.25, 0.3) is 0 Å². The summed E-state index contributed by atoms with van der Waals surface area (Å²) in [5, 5.41) is 7.94. The predicted molar refractivity (Wildman–Crippen MR) is 25.7 cm³/mol. The van der Waals surface area contributed by atoms with Crippen molar-refractivity contribution >= 4 is 0 Å². The highest BCUT2D eigenvalue weighted by molar-refractivity contribution is 4.63. The summed E-state index contributed by atoms with van der Waals surface area (Å²) < 4.78 is 34.1. The summed E-state index contributed by atoms with van der Waals surface area (Å²) in [6, 6.07) is -1.47. The van der Waals surface area contributed by atoms with Crippen molar-refractivity contribution in [1.29, 1.82) is 0 Å². The molecule has 2 unspecified atom stereocenters. The highest BCUT2D eigenvalue weighted by Crippen LogP contribution is 2.05. The Morgan fingerprint density at radius 1 is 1.33 bits per heavy atom. The third-order valence-corrected chi connectivity index (χ3v) is 0.804. The molecule has 0 bridgehead atoms. The Morgan fingerprint density at radius 3 is 1.89 bits per heavy atom. The van der Waals surface area contributed by atoms with Crippen LogP contribution in [0, 0.1) is 0 Å². The van der Waals surface area contributed by atoms with Crippen LogP contribution in [0.1, 0.15) is 6.42 Å². The Balaban J connectivity index is 3.38. The minimum absolute atomic E-state index is 0.808. The number of alkyl halides is 3. The molecule has 2 atom stereocenters. The average molecular weight is 143 g/mol. The van der Waals surface area contributed by atoms with Gasteiger partial charge in [0.15, 0.2) is 0 Å². The molecule has 56 valence electrons. The lowest BCUT2D eigenvalue weighted by Crippen LogP contribution is -2.33. The quantitative estimate of drug-likeness (QED) is 0.595. The number of aliphatic hydroxyl groups excluding tert-OH is 1. The largest absolute Gasteiger partial charge is 0.363 e. The maximum atomic E-state index is 11.6. The third-order valence-electron chi connectivity index (χ3n) is 0.804. The molecule has 0 amide bonds. The van der Waals surface area contributed by atoms with Gasteiger partial charge in [-0.15, -0.1) is 0 Å². The highest BCUT2D eigenvalue weighted by Gasteiger charge is 2.17. The molecule has 0 spiro atoms. The molecule has 0 aliphatic heterocycles. The van der Waals surface area contributed by atoms with Gasteiger partial charge in [-0.3, -0.25) is 0 Å². The van der Waals surface area contributed by atoms with Gasteiger partial charge in [0.25, 0.3) is 0 Å². The standard InChI is InChI=1S/C4H8F3NO/c5-3(6)1-2(8)4(7)9/h2-4,9H,1,8H2. The number of nitrogens with two attached hydrogens (primary N) is 1. The van der Waals surface area contributed by atoms with Gasteiger partial charge in [0, 0.05) is 6.42 Å². The minimum atomic E-state index is -2.66. The van der Waals surface area contributed by atoms with Crippen LogP contribution < -0.4 is 5.73 Å². The molecule has 9 heavy (non-hydrogen) atoms. The number of halogens is 3. The monoisotopic (exact) mass is 143 g/mol. The van der Waals surface area contributed by atoms with Crippen LogP contribution >= 0.6 is 0 Å². The van der Waals surface area contributed by atoms with Gasteiger partial charge in [-0.1, -0.05) is 0 Å². The maximum absolute atomic E-state index is 11.6. The Kier molecular flexibility index (Phi) is 3.56. The Bertz CT molecular complexity index is 78.2. The fraction of sp³-hybridized carbons (Fsp3) is 1.00.